The normalized spacial score (nSPS) is 18.9. The highest BCUT2D eigenvalue weighted by molar-refractivity contribution is 7.89. The van der Waals surface area contributed by atoms with Crippen molar-refractivity contribution in [2.75, 3.05) is 18.4 Å². The van der Waals surface area contributed by atoms with Crippen LogP contribution in [-0.4, -0.2) is 36.7 Å². The van der Waals surface area contributed by atoms with Crippen LogP contribution in [0.3, 0.4) is 0 Å². The van der Waals surface area contributed by atoms with Crippen LogP contribution >= 0.6 is 0 Å². The molecule has 1 aromatic heterocycles. The maximum absolute atomic E-state index is 12.7. The van der Waals surface area contributed by atoms with Crippen molar-refractivity contribution in [1.82, 2.24) is 9.29 Å². The van der Waals surface area contributed by atoms with Crippen molar-refractivity contribution in [2.24, 2.45) is 5.92 Å². The first-order valence-corrected chi connectivity index (χ1v) is 9.28. The summed E-state index contributed by atoms with van der Waals surface area (Å²) >= 11 is 0. The molecule has 24 heavy (non-hydrogen) atoms. The molecule has 1 aromatic carbocycles. The van der Waals surface area contributed by atoms with E-state index in [9.17, 15) is 13.2 Å². The van der Waals surface area contributed by atoms with Crippen LogP contribution in [0.4, 0.5) is 5.82 Å². The standard InChI is InChI=1S/C17H19N3O3S/c21-17(19-16-10-4-5-11-18-16)14-7-6-12-20(13-14)24(22,23)15-8-2-1-3-9-15/h1-5,8-11,14H,6-7,12-13H2,(H,18,19,21). The van der Waals surface area contributed by atoms with Crippen molar-refractivity contribution in [3.05, 3.63) is 54.7 Å². The summed E-state index contributed by atoms with van der Waals surface area (Å²) in [4.78, 5) is 16.7. The van der Waals surface area contributed by atoms with Crippen molar-refractivity contribution in [3.63, 3.8) is 0 Å². The average Bonchev–Trinajstić information content (AvgIpc) is 2.63. The van der Waals surface area contributed by atoms with Crippen LogP contribution in [0.2, 0.25) is 0 Å². The first kappa shape index (κ1) is 16.6. The number of pyridine rings is 1. The van der Waals surface area contributed by atoms with Gasteiger partial charge in [-0.2, -0.15) is 4.31 Å². The summed E-state index contributed by atoms with van der Waals surface area (Å²) in [5.74, 6) is -0.0913. The maximum atomic E-state index is 12.7. The van der Waals surface area contributed by atoms with Gasteiger partial charge in [0.2, 0.25) is 15.9 Å². The van der Waals surface area contributed by atoms with Gasteiger partial charge in [-0.3, -0.25) is 4.79 Å². The third-order valence-electron chi connectivity index (χ3n) is 4.05. The van der Waals surface area contributed by atoms with E-state index in [1.165, 1.54) is 4.31 Å². The molecule has 7 heteroatoms. The van der Waals surface area contributed by atoms with Crippen molar-refractivity contribution < 1.29 is 13.2 Å². The molecule has 0 radical (unpaired) electrons. The molecule has 0 aliphatic carbocycles. The van der Waals surface area contributed by atoms with Crippen LogP contribution in [0.1, 0.15) is 12.8 Å². The number of amides is 1. The van der Waals surface area contributed by atoms with Crippen LogP contribution in [0.5, 0.6) is 0 Å². The lowest BCUT2D eigenvalue weighted by molar-refractivity contribution is -0.120. The molecule has 1 amide bonds. The molecule has 0 spiro atoms. The third kappa shape index (κ3) is 3.63. The van der Waals surface area contributed by atoms with Crippen molar-refractivity contribution in [1.29, 1.82) is 0 Å². The van der Waals surface area contributed by atoms with Crippen LogP contribution < -0.4 is 5.32 Å². The number of carbonyl (C=O) groups excluding carboxylic acids is 1. The summed E-state index contributed by atoms with van der Waals surface area (Å²) < 4.78 is 26.8. The number of hydrogen-bond donors (Lipinski definition) is 1. The second-order valence-electron chi connectivity index (χ2n) is 5.72. The van der Waals surface area contributed by atoms with E-state index in [0.717, 1.165) is 0 Å². The summed E-state index contributed by atoms with van der Waals surface area (Å²) in [5.41, 5.74) is 0. The molecule has 2 aromatic rings. The van der Waals surface area contributed by atoms with Crippen LogP contribution in [-0.2, 0) is 14.8 Å². The van der Waals surface area contributed by atoms with Crippen LogP contribution in [0.15, 0.2) is 59.6 Å². The molecule has 1 aliphatic heterocycles. The summed E-state index contributed by atoms with van der Waals surface area (Å²) in [7, 11) is -3.56. The highest BCUT2D eigenvalue weighted by Crippen LogP contribution is 2.24. The van der Waals surface area contributed by atoms with E-state index in [-0.39, 0.29) is 23.3 Å². The van der Waals surface area contributed by atoms with Gasteiger partial charge in [-0.1, -0.05) is 24.3 Å². The molecule has 0 bridgehead atoms. The Bertz CT molecular complexity index is 794. The Kier molecular flexibility index (Phi) is 4.92. The number of nitrogens with zero attached hydrogens (tertiary/aromatic N) is 2. The van der Waals surface area contributed by atoms with Gasteiger partial charge in [0, 0.05) is 19.3 Å². The Hall–Kier alpha value is -2.25. The molecule has 1 saturated heterocycles. The van der Waals surface area contributed by atoms with Crippen molar-refractivity contribution in [2.45, 2.75) is 17.7 Å². The molecular formula is C17H19N3O3S. The maximum Gasteiger partial charge on any atom is 0.243 e. The molecule has 1 aliphatic rings. The zero-order valence-corrected chi connectivity index (χ0v) is 13.9. The van der Waals surface area contributed by atoms with Gasteiger partial charge in [0.25, 0.3) is 0 Å². The number of rotatable bonds is 4. The van der Waals surface area contributed by atoms with Gasteiger partial charge in [0.1, 0.15) is 5.82 Å². The minimum Gasteiger partial charge on any atom is -0.310 e. The molecule has 6 nitrogen and oxygen atoms in total. The number of carbonyl (C=O) groups is 1. The zero-order valence-electron chi connectivity index (χ0n) is 13.1. The predicted molar refractivity (Wildman–Crippen MR) is 90.8 cm³/mol. The SMILES string of the molecule is O=C(Nc1ccccn1)C1CCCN(S(=O)(=O)c2ccccc2)C1. The number of hydrogen-bond acceptors (Lipinski definition) is 4. The molecule has 126 valence electrons. The van der Waals surface area contributed by atoms with Gasteiger partial charge >= 0.3 is 0 Å². The fourth-order valence-corrected chi connectivity index (χ4v) is 4.33. The van der Waals surface area contributed by atoms with E-state index >= 15 is 0 Å². The van der Waals surface area contributed by atoms with Crippen molar-refractivity contribution in [3.8, 4) is 0 Å². The lowest BCUT2D eigenvalue weighted by atomic mass is 9.99. The summed E-state index contributed by atoms with van der Waals surface area (Å²) in [5, 5.41) is 2.75. The first-order chi connectivity index (χ1) is 11.6. The Labute approximate surface area is 141 Å². The second kappa shape index (κ2) is 7.11. The minimum atomic E-state index is -3.56. The van der Waals surface area contributed by atoms with E-state index in [4.69, 9.17) is 0 Å². The topological polar surface area (TPSA) is 79.4 Å². The fourth-order valence-electron chi connectivity index (χ4n) is 2.78. The summed E-state index contributed by atoms with van der Waals surface area (Å²) in [6, 6.07) is 13.6. The number of aromatic nitrogens is 1. The molecular weight excluding hydrogens is 326 g/mol. The van der Waals surface area contributed by atoms with Gasteiger partial charge in [-0.15, -0.1) is 0 Å². The van der Waals surface area contributed by atoms with Gasteiger partial charge < -0.3 is 5.32 Å². The van der Waals surface area contributed by atoms with Gasteiger partial charge in [0.15, 0.2) is 0 Å². The van der Waals surface area contributed by atoms with Crippen molar-refractivity contribution >= 4 is 21.7 Å². The number of anilines is 1. The van der Waals surface area contributed by atoms with Gasteiger partial charge in [-0.05, 0) is 37.1 Å². The first-order valence-electron chi connectivity index (χ1n) is 7.84. The molecule has 1 atom stereocenters. The summed E-state index contributed by atoms with van der Waals surface area (Å²) in [6.07, 6.45) is 2.93. The highest BCUT2D eigenvalue weighted by atomic mass is 32.2. The number of nitrogens with one attached hydrogen (secondary N) is 1. The average molecular weight is 345 g/mol. The molecule has 2 heterocycles. The highest BCUT2D eigenvalue weighted by Gasteiger charge is 2.33. The summed E-state index contributed by atoms with van der Waals surface area (Å²) in [6.45, 7) is 0.625. The Morgan fingerprint density at radius 2 is 1.88 bits per heavy atom. The van der Waals surface area contributed by atoms with E-state index in [1.807, 2.05) is 0 Å². The lowest BCUT2D eigenvalue weighted by Gasteiger charge is -2.31. The predicted octanol–water partition coefficient (Wildman–Crippen LogP) is 2.12. The van der Waals surface area contributed by atoms with Gasteiger partial charge in [0.05, 0.1) is 10.8 Å². The van der Waals surface area contributed by atoms with E-state index < -0.39 is 10.0 Å². The van der Waals surface area contributed by atoms with E-state index in [2.05, 4.69) is 10.3 Å². The smallest absolute Gasteiger partial charge is 0.243 e. The quantitative estimate of drug-likeness (QED) is 0.920. The molecule has 3 rings (SSSR count). The van der Waals surface area contributed by atoms with E-state index in [0.29, 0.717) is 25.2 Å². The lowest BCUT2D eigenvalue weighted by Crippen LogP contribution is -2.43. The fraction of sp³-hybridized carbons (Fsp3) is 0.294. The number of benzene rings is 1. The molecule has 0 saturated carbocycles. The Morgan fingerprint density at radius 1 is 1.12 bits per heavy atom. The van der Waals surface area contributed by atoms with Crippen LogP contribution in [0, 0.1) is 5.92 Å². The largest absolute Gasteiger partial charge is 0.310 e. The number of sulfonamides is 1. The molecule has 1 unspecified atom stereocenters. The Morgan fingerprint density at radius 3 is 2.58 bits per heavy atom. The molecule has 1 fully saturated rings. The Balaban J connectivity index is 1.71. The van der Waals surface area contributed by atoms with E-state index in [1.54, 1.807) is 54.7 Å². The minimum absolute atomic E-state index is 0.190. The second-order valence-corrected chi connectivity index (χ2v) is 7.66. The zero-order chi connectivity index (χ0) is 17.0. The third-order valence-corrected chi connectivity index (χ3v) is 5.93. The number of piperidine rings is 1. The monoisotopic (exact) mass is 345 g/mol. The molecule has 1 N–H and O–H groups in total. The van der Waals surface area contributed by atoms with Crippen LogP contribution in [0.25, 0.3) is 0 Å². The van der Waals surface area contributed by atoms with Gasteiger partial charge in [-0.25, -0.2) is 13.4 Å².